The molecule has 0 saturated carbocycles. The number of thiol groups is 2. The summed E-state index contributed by atoms with van der Waals surface area (Å²) in [5.41, 5.74) is 4.77. The largest absolute Gasteiger partial charge is 0.387 e. The lowest BCUT2D eigenvalue weighted by Gasteiger charge is -2.24. The van der Waals surface area contributed by atoms with Crippen LogP contribution in [-0.2, 0) is 27.4 Å². The maximum Gasteiger partial charge on any atom is 0.386 e. The topological polar surface area (TPSA) is 244 Å². The standard InChI is InChI=1S/C20H24FN9O9P2S3/c21-10-13(31)9(38-18(10)29-5-25-11-14(29)23-4-24-16(11)32)3-37-41(35,43)39-8-1-7(2-36-40(34)42)44-19(8)30-6-26-12-15(30)27-20(22)28-17(12)33/h4-10,13,18-19,31,40H,1-3H2,(H,34,42)(H,35,43)(H,23,24,32)(H3,22,27,28,33)/t7-,8+,9+,10-,13+,18+,19+,41?/m0/s1. The number of thioether (sulfide) groups is 1. The Morgan fingerprint density at radius 2 is 1.93 bits per heavy atom. The summed E-state index contributed by atoms with van der Waals surface area (Å²) in [6, 6.07) is 0. The SMILES string of the molecule is Nc1nc2c(ncn2[C@@H]2S[C@H](CO[PH](=O)S)C[C@H]2OP(=O)(S)OC[C@H]2O[C@@H](n3cnc4c(=O)[nH]cnc43)[C@@H](F)[C@@H]2O)c(=O)[nH]1. The number of imidazole rings is 2. The monoisotopic (exact) mass is 711 g/mol. The number of halogens is 1. The number of nitrogens with two attached hydrogens (primary N) is 1. The van der Waals surface area contributed by atoms with Crippen LogP contribution in [-0.4, -0.2) is 87.1 Å². The van der Waals surface area contributed by atoms with E-state index in [-0.39, 0.29) is 46.6 Å². The normalized spacial score (nSPS) is 29.4. The molecule has 0 bridgehead atoms. The van der Waals surface area contributed by atoms with E-state index in [0.29, 0.717) is 0 Å². The fourth-order valence-electron chi connectivity index (χ4n) is 4.94. The third kappa shape index (κ3) is 6.24. The van der Waals surface area contributed by atoms with Crippen LogP contribution in [0, 0.1) is 0 Å². The number of rotatable bonds is 10. The first-order valence-electron chi connectivity index (χ1n) is 12.7. The molecule has 0 radical (unpaired) electrons. The number of aromatic nitrogens is 8. The van der Waals surface area contributed by atoms with Crippen LogP contribution in [0.3, 0.4) is 0 Å². The Morgan fingerprint density at radius 1 is 1.20 bits per heavy atom. The third-order valence-electron chi connectivity index (χ3n) is 6.87. The van der Waals surface area contributed by atoms with Crippen molar-refractivity contribution >= 4 is 78.6 Å². The first kappa shape index (κ1) is 31.7. The van der Waals surface area contributed by atoms with Gasteiger partial charge in [0, 0.05) is 5.25 Å². The van der Waals surface area contributed by atoms with Crippen molar-refractivity contribution in [3.8, 4) is 0 Å². The maximum absolute atomic E-state index is 15.1. The number of nitrogens with one attached hydrogen (secondary N) is 2. The number of hydrogen-bond donors (Lipinski definition) is 6. The number of alkyl halides is 1. The van der Waals surface area contributed by atoms with Gasteiger partial charge in [0.25, 0.3) is 11.1 Å². The molecular formula is C20H24FN9O9P2S3. The van der Waals surface area contributed by atoms with Crippen LogP contribution >= 0.6 is 50.3 Å². The van der Waals surface area contributed by atoms with Crippen molar-refractivity contribution in [1.82, 2.24) is 39.0 Å². The summed E-state index contributed by atoms with van der Waals surface area (Å²) in [6.07, 6.45) is -3.46. The van der Waals surface area contributed by atoms with E-state index in [1.165, 1.54) is 27.2 Å². The second-order valence-electron chi connectivity index (χ2n) is 9.70. The van der Waals surface area contributed by atoms with E-state index in [0.717, 1.165) is 12.7 Å². The lowest BCUT2D eigenvalue weighted by molar-refractivity contribution is -0.0435. The van der Waals surface area contributed by atoms with Crippen LogP contribution < -0.4 is 16.9 Å². The highest BCUT2D eigenvalue weighted by Gasteiger charge is 2.47. The smallest absolute Gasteiger partial charge is 0.386 e. The Labute approximate surface area is 260 Å². The number of anilines is 1. The molecule has 238 valence electrons. The molecule has 5 N–H and O–H groups in total. The van der Waals surface area contributed by atoms with Gasteiger partial charge >= 0.3 is 6.80 Å². The molecule has 0 aliphatic carbocycles. The minimum atomic E-state index is -4.22. The van der Waals surface area contributed by atoms with Gasteiger partial charge in [-0.05, 0) is 6.42 Å². The zero-order valence-corrected chi connectivity index (χ0v) is 26.5. The van der Waals surface area contributed by atoms with Crippen molar-refractivity contribution in [3.63, 3.8) is 0 Å². The number of nitrogen functional groups attached to an aromatic ring is 1. The van der Waals surface area contributed by atoms with Crippen molar-refractivity contribution in [1.29, 1.82) is 0 Å². The fraction of sp³-hybridized carbons (Fsp3) is 0.500. The molecule has 0 amide bonds. The third-order valence-corrected chi connectivity index (χ3v) is 10.8. The highest BCUT2D eigenvalue weighted by atomic mass is 32.7. The summed E-state index contributed by atoms with van der Waals surface area (Å²) in [5, 5.41) is 9.51. The molecule has 6 rings (SSSR count). The van der Waals surface area contributed by atoms with Crippen molar-refractivity contribution < 1.29 is 36.9 Å². The Bertz CT molecular complexity index is 1890. The number of hydrogen-bond acceptors (Lipinski definition) is 15. The summed E-state index contributed by atoms with van der Waals surface area (Å²) in [4.78, 5) is 45.2. The Balaban J connectivity index is 1.18. The van der Waals surface area contributed by atoms with Crippen LogP contribution in [0.5, 0.6) is 0 Å². The zero-order valence-electron chi connectivity index (χ0n) is 22.0. The van der Waals surface area contributed by atoms with E-state index in [1.54, 1.807) is 0 Å². The molecule has 4 aromatic heterocycles. The number of aromatic amines is 2. The fourth-order valence-corrected chi connectivity index (χ4v) is 8.68. The quantitative estimate of drug-likeness (QED) is 0.100. The molecule has 2 aliphatic heterocycles. The average molecular weight is 712 g/mol. The van der Waals surface area contributed by atoms with Gasteiger partial charge < -0.3 is 25.1 Å². The highest BCUT2D eigenvalue weighted by Crippen LogP contribution is 2.59. The number of aliphatic hydroxyl groups excluding tert-OH is 1. The average Bonchev–Trinajstić information content (AvgIpc) is 3.73. The van der Waals surface area contributed by atoms with E-state index in [4.69, 9.17) is 24.0 Å². The first-order valence-corrected chi connectivity index (χ1v) is 18.9. The van der Waals surface area contributed by atoms with Crippen LogP contribution in [0.2, 0.25) is 0 Å². The summed E-state index contributed by atoms with van der Waals surface area (Å²) in [6.45, 7) is -4.78. The van der Waals surface area contributed by atoms with Gasteiger partial charge in [-0.1, -0.05) is 24.5 Å². The number of fused-ring (bicyclic) bond motifs is 2. The molecule has 0 spiro atoms. The van der Waals surface area contributed by atoms with Gasteiger partial charge in [0.15, 0.2) is 34.7 Å². The van der Waals surface area contributed by atoms with Gasteiger partial charge in [0.1, 0.15) is 17.6 Å². The van der Waals surface area contributed by atoms with E-state index in [2.05, 4.69) is 54.4 Å². The summed E-state index contributed by atoms with van der Waals surface area (Å²) >= 11 is 9.17. The number of H-pyrrole nitrogens is 2. The van der Waals surface area contributed by atoms with Crippen LogP contribution in [0.15, 0.2) is 28.6 Å². The minimum Gasteiger partial charge on any atom is -0.387 e. The second-order valence-corrected chi connectivity index (χ2v) is 15.9. The first-order chi connectivity index (χ1) is 20.9. The summed E-state index contributed by atoms with van der Waals surface area (Å²) < 4.78 is 64.8. The molecule has 9 atom stereocenters. The van der Waals surface area contributed by atoms with Crippen LogP contribution in [0.4, 0.5) is 10.3 Å². The molecule has 4 aromatic rings. The molecule has 6 heterocycles. The predicted molar refractivity (Wildman–Crippen MR) is 162 cm³/mol. The van der Waals surface area contributed by atoms with Gasteiger partial charge in [-0.3, -0.25) is 37.3 Å². The number of ether oxygens (including phenoxy) is 1. The molecule has 2 aliphatic rings. The maximum atomic E-state index is 15.1. The van der Waals surface area contributed by atoms with Gasteiger partial charge in [-0.2, -0.15) is 4.98 Å². The molecule has 2 saturated heterocycles. The molecule has 2 unspecified atom stereocenters. The molecule has 18 nitrogen and oxygen atoms in total. The van der Waals surface area contributed by atoms with Crippen LogP contribution in [0.25, 0.3) is 22.3 Å². The van der Waals surface area contributed by atoms with E-state index in [1.807, 2.05) is 0 Å². The number of nitrogens with zero attached hydrogens (tertiary/aromatic N) is 6. The van der Waals surface area contributed by atoms with E-state index < -0.39 is 67.8 Å². The Kier molecular flexibility index (Phi) is 9.01. The molecular weight excluding hydrogens is 687 g/mol. The predicted octanol–water partition coefficient (Wildman–Crippen LogP) is 1.21. The van der Waals surface area contributed by atoms with Crippen LogP contribution in [0.1, 0.15) is 18.0 Å². The summed E-state index contributed by atoms with van der Waals surface area (Å²) in [7, 11) is -2.54. The van der Waals surface area contributed by atoms with Crippen molar-refractivity contribution in [2.45, 2.75) is 47.8 Å². The molecule has 24 heteroatoms. The molecule has 0 aromatic carbocycles. The van der Waals surface area contributed by atoms with Crippen molar-refractivity contribution in [2.24, 2.45) is 0 Å². The van der Waals surface area contributed by atoms with Crippen molar-refractivity contribution in [3.05, 3.63) is 39.7 Å². The zero-order chi connectivity index (χ0) is 31.3. The van der Waals surface area contributed by atoms with E-state index >= 15 is 4.39 Å². The minimum absolute atomic E-state index is 0.0112. The van der Waals surface area contributed by atoms with E-state index in [9.17, 15) is 23.8 Å². The summed E-state index contributed by atoms with van der Waals surface area (Å²) in [5.74, 6) is -0.146. The van der Waals surface area contributed by atoms with Gasteiger partial charge in [0.2, 0.25) is 13.2 Å². The molecule has 2 fully saturated rings. The Hall–Kier alpha value is -2.26. The second kappa shape index (κ2) is 12.5. The lowest BCUT2D eigenvalue weighted by Crippen LogP contribution is -2.31. The number of aliphatic hydroxyl groups is 1. The lowest BCUT2D eigenvalue weighted by atomic mass is 10.1. The van der Waals surface area contributed by atoms with Gasteiger partial charge in [-0.15, -0.1) is 11.8 Å². The molecule has 44 heavy (non-hydrogen) atoms. The highest BCUT2D eigenvalue weighted by molar-refractivity contribution is 8.44. The Morgan fingerprint density at radius 3 is 2.68 bits per heavy atom. The van der Waals surface area contributed by atoms with Gasteiger partial charge in [-0.25, -0.2) is 23.9 Å². The van der Waals surface area contributed by atoms with Crippen molar-refractivity contribution in [2.75, 3.05) is 18.9 Å². The van der Waals surface area contributed by atoms with Gasteiger partial charge in [0.05, 0.1) is 38.3 Å².